The first-order valence-electron chi connectivity index (χ1n) is 10.8. The number of benzene rings is 3. The Labute approximate surface area is 227 Å². The predicted molar refractivity (Wildman–Crippen MR) is 143 cm³/mol. The number of alkyl halides is 1. The first kappa shape index (κ1) is 26.2. The van der Waals surface area contributed by atoms with Gasteiger partial charge in [-0.2, -0.15) is 10.3 Å². The Morgan fingerprint density at radius 3 is 2.51 bits per heavy atom. The number of guanidine groups is 1. The summed E-state index contributed by atoms with van der Waals surface area (Å²) in [5.74, 6) is -3.27. The predicted octanol–water partition coefficient (Wildman–Crippen LogP) is 6.44. The Hall–Kier alpha value is -3.90. The zero-order valence-electron chi connectivity index (χ0n) is 19.0. The van der Waals surface area contributed by atoms with Crippen LogP contribution in [-0.2, 0) is 12.3 Å². The van der Waals surface area contributed by atoms with Crippen molar-refractivity contribution >= 4 is 52.4 Å². The molecule has 1 amide bonds. The van der Waals surface area contributed by atoms with Crippen molar-refractivity contribution in [1.82, 2.24) is 14.9 Å². The van der Waals surface area contributed by atoms with Crippen molar-refractivity contribution in [3.05, 3.63) is 117 Å². The Morgan fingerprint density at radius 1 is 1.08 bits per heavy atom. The van der Waals surface area contributed by atoms with Crippen LogP contribution in [0, 0.1) is 11.3 Å². The summed E-state index contributed by atoms with van der Waals surface area (Å²) in [6.45, 7) is -0.270. The van der Waals surface area contributed by atoms with E-state index in [2.05, 4.69) is 20.6 Å². The lowest BCUT2D eigenvalue weighted by atomic mass is 10.0. The third kappa shape index (κ3) is 6.66. The van der Waals surface area contributed by atoms with E-state index in [4.69, 9.17) is 34.8 Å². The van der Waals surface area contributed by atoms with Crippen molar-refractivity contribution in [2.45, 2.75) is 12.3 Å². The lowest BCUT2D eigenvalue weighted by molar-refractivity contribution is 0.0996. The maximum atomic E-state index is 16.9. The number of carbonyl (C=O) groups excluding carboxylic acids is 1. The molecule has 0 saturated carbocycles. The summed E-state index contributed by atoms with van der Waals surface area (Å²) < 4.78 is 18.4. The van der Waals surface area contributed by atoms with Gasteiger partial charge in [0.1, 0.15) is 0 Å². The largest absolute Gasteiger partial charge is 0.332 e. The first-order chi connectivity index (χ1) is 17.8. The highest BCUT2D eigenvalue weighted by Crippen LogP contribution is 2.33. The molecule has 37 heavy (non-hydrogen) atoms. The fraction of sp³-hybridized carbons (Fsp3) is 0.0769. The smallest absolute Gasteiger partial charge is 0.280 e. The third-order valence-corrected chi connectivity index (χ3v) is 5.99. The van der Waals surface area contributed by atoms with Gasteiger partial charge in [0, 0.05) is 39.3 Å². The fourth-order valence-corrected chi connectivity index (χ4v) is 4.15. The van der Waals surface area contributed by atoms with Gasteiger partial charge in [-0.3, -0.25) is 4.79 Å². The van der Waals surface area contributed by atoms with E-state index in [1.54, 1.807) is 42.6 Å². The van der Waals surface area contributed by atoms with Gasteiger partial charge in [0.25, 0.3) is 5.91 Å². The van der Waals surface area contributed by atoms with Gasteiger partial charge < -0.3 is 15.2 Å². The number of nitrogens with zero attached hydrogens (tertiary/aromatic N) is 4. The van der Waals surface area contributed by atoms with Crippen LogP contribution in [0.2, 0.25) is 15.1 Å². The Balaban J connectivity index is 1.77. The van der Waals surface area contributed by atoms with Gasteiger partial charge in [0.2, 0.25) is 11.8 Å². The van der Waals surface area contributed by atoms with Crippen LogP contribution in [0.5, 0.6) is 0 Å². The van der Waals surface area contributed by atoms with Gasteiger partial charge >= 0.3 is 0 Å². The number of aromatic nitrogens is 2. The van der Waals surface area contributed by atoms with Gasteiger partial charge in [0.15, 0.2) is 0 Å². The average Bonchev–Trinajstić information content (AvgIpc) is 3.38. The molecular weight excluding hydrogens is 538 g/mol. The second-order valence-electron chi connectivity index (χ2n) is 7.88. The normalized spacial score (nSPS) is 12.9. The summed E-state index contributed by atoms with van der Waals surface area (Å²) in [4.78, 5) is 21.1. The number of halogens is 4. The molecule has 1 unspecified atom stereocenters. The van der Waals surface area contributed by atoms with E-state index in [-0.39, 0.29) is 34.2 Å². The highest BCUT2D eigenvalue weighted by atomic mass is 35.5. The Kier molecular flexibility index (Phi) is 8.09. The van der Waals surface area contributed by atoms with Crippen molar-refractivity contribution in [2.24, 2.45) is 4.99 Å². The molecule has 0 radical (unpaired) electrons. The van der Waals surface area contributed by atoms with Gasteiger partial charge in [-0.25, -0.2) is 9.37 Å². The topological polar surface area (TPSA) is 95.1 Å². The molecule has 0 saturated heterocycles. The van der Waals surface area contributed by atoms with E-state index in [1.807, 2.05) is 6.07 Å². The lowest BCUT2D eigenvalue weighted by Gasteiger charge is -2.30. The average molecular weight is 556 g/mol. The summed E-state index contributed by atoms with van der Waals surface area (Å²) in [7, 11) is 0. The molecule has 1 aromatic heterocycles. The number of anilines is 1. The zero-order chi connectivity index (χ0) is 26.4. The van der Waals surface area contributed by atoms with Crippen LogP contribution in [-0.4, -0.2) is 21.4 Å². The van der Waals surface area contributed by atoms with Crippen molar-refractivity contribution in [2.75, 3.05) is 5.32 Å². The third-order valence-electron chi connectivity index (χ3n) is 5.19. The minimum absolute atomic E-state index is 0.0665. The van der Waals surface area contributed by atoms with Crippen LogP contribution >= 0.6 is 34.8 Å². The Morgan fingerprint density at radius 2 is 1.84 bits per heavy atom. The number of nitriles is 1. The molecule has 0 aliphatic heterocycles. The van der Waals surface area contributed by atoms with Gasteiger partial charge in [-0.05, 0) is 54.6 Å². The fourth-order valence-electron chi connectivity index (χ4n) is 3.47. The molecular formula is C26H18Cl3FN6O. The van der Waals surface area contributed by atoms with E-state index in [1.165, 1.54) is 47.4 Å². The van der Waals surface area contributed by atoms with Crippen LogP contribution in [0.4, 0.5) is 10.1 Å². The van der Waals surface area contributed by atoms with Crippen LogP contribution < -0.4 is 10.6 Å². The quantitative estimate of drug-likeness (QED) is 0.162. The van der Waals surface area contributed by atoms with E-state index in [0.717, 1.165) is 0 Å². The minimum atomic E-state index is -2.37. The molecule has 7 nitrogen and oxygen atoms in total. The number of hydrogen-bond acceptors (Lipinski definition) is 3. The van der Waals surface area contributed by atoms with Crippen molar-refractivity contribution in [1.29, 1.82) is 5.26 Å². The molecule has 1 heterocycles. The van der Waals surface area contributed by atoms with Crippen LogP contribution in [0.15, 0.2) is 90.4 Å². The highest BCUT2D eigenvalue weighted by Gasteiger charge is 2.36. The highest BCUT2D eigenvalue weighted by molar-refractivity contribution is 6.35. The van der Waals surface area contributed by atoms with Crippen LogP contribution in [0.3, 0.4) is 0 Å². The SMILES string of the molecule is N#Cc1cccc(C(=O)/N=C(\Nc2ccc(Cl)cc2)NC(F)(Cn2ccnc2)c2ccc(Cl)cc2Cl)c1. The molecule has 2 N–H and O–H groups in total. The second-order valence-corrected chi connectivity index (χ2v) is 9.16. The summed E-state index contributed by atoms with van der Waals surface area (Å²) in [6, 6.07) is 18.9. The number of imidazole rings is 1. The van der Waals surface area contributed by atoms with Crippen molar-refractivity contribution < 1.29 is 9.18 Å². The number of aliphatic imine (C=N–C) groups is 1. The van der Waals surface area contributed by atoms with Gasteiger partial charge in [-0.1, -0.05) is 46.9 Å². The second kappa shape index (κ2) is 11.4. The molecule has 4 aromatic rings. The molecule has 1 atom stereocenters. The summed E-state index contributed by atoms with van der Waals surface area (Å²) in [5.41, 5.74) is 0.993. The summed E-state index contributed by atoms with van der Waals surface area (Å²) in [6.07, 6.45) is 4.54. The Bertz CT molecular complexity index is 1490. The van der Waals surface area contributed by atoms with Crippen molar-refractivity contribution in [3.8, 4) is 6.07 Å². The van der Waals surface area contributed by atoms with Gasteiger partial charge in [-0.15, -0.1) is 0 Å². The number of hydrogen-bond donors (Lipinski definition) is 2. The monoisotopic (exact) mass is 554 g/mol. The van der Waals surface area contributed by atoms with Crippen LogP contribution in [0.1, 0.15) is 21.5 Å². The zero-order valence-corrected chi connectivity index (χ0v) is 21.3. The van der Waals surface area contributed by atoms with Crippen LogP contribution in [0.25, 0.3) is 0 Å². The molecule has 0 spiro atoms. The van der Waals surface area contributed by atoms with E-state index < -0.39 is 11.7 Å². The maximum absolute atomic E-state index is 16.9. The maximum Gasteiger partial charge on any atom is 0.280 e. The number of nitrogens with one attached hydrogen (secondary N) is 2. The molecule has 0 bridgehead atoms. The number of carbonyl (C=O) groups is 1. The number of amides is 1. The molecule has 0 aliphatic carbocycles. The first-order valence-corrected chi connectivity index (χ1v) is 11.9. The molecule has 186 valence electrons. The minimum Gasteiger partial charge on any atom is -0.332 e. The molecule has 11 heteroatoms. The number of rotatable bonds is 6. The molecule has 3 aromatic carbocycles. The molecule has 4 rings (SSSR count). The standard InChI is InChI=1S/C26H18Cl3FN6O/c27-19-4-7-21(8-5-19)33-25(34-24(37)18-3-1-2-17(12-18)14-31)35-26(30,15-36-11-10-32-16-36)22-9-6-20(28)13-23(22)29/h1-13,16H,15H2,(H2,33,34,35,37). The molecule has 0 fully saturated rings. The molecule has 0 aliphatic rings. The summed E-state index contributed by atoms with van der Waals surface area (Å²) in [5, 5.41) is 15.7. The van der Waals surface area contributed by atoms with E-state index in [9.17, 15) is 10.1 Å². The van der Waals surface area contributed by atoms with E-state index >= 15 is 4.39 Å². The van der Waals surface area contributed by atoms with Crippen molar-refractivity contribution in [3.63, 3.8) is 0 Å². The van der Waals surface area contributed by atoms with Gasteiger partial charge in [0.05, 0.1) is 29.5 Å². The lowest BCUT2D eigenvalue weighted by Crippen LogP contribution is -2.48. The van der Waals surface area contributed by atoms with E-state index in [0.29, 0.717) is 15.7 Å². The summed E-state index contributed by atoms with van der Waals surface area (Å²) >= 11 is 18.4.